The molecule has 1 aliphatic heterocycles. The Morgan fingerprint density at radius 3 is 2.07 bits per heavy atom. The van der Waals surface area contributed by atoms with Gasteiger partial charge in [0.2, 0.25) is 5.91 Å². The van der Waals surface area contributed by atoms with Crippen molar-refractivity contribution in [1.29, 1.82) is 0 Å². The van der Waals surface area contributed by atoms with E-state index in [0.29, 0.717) is 12.8 Å². The van der Waals surface area contributed by atoms with Crippen molar-refractivity contribution >= 4 is 5.91 Å². The van der Waals surface area contributed by atoms with Gasteiger partial charge in [0.15, 0.2) is 0 Å². The fraction of sp³-hybridized carbons (Fsp3) is 0.696. The largest absolute Gasteiger partial charge is 0.340 e. The lowest BCUT2D eigenvalue weighted by Crippen LogP contribution is -2.60. The summed E-state index contributed by atoms with van der Waals surface area (Å²) in [7, 11) is 0. The van der Waals surface area contributed by atoms with Gasteiger partial charge in [0, 0.05) is 38.6 Å². The smallest absolute Gasteiger partial charge is 0.222 e. The van der Waals surface area contributed by atoms with Crippen LogP contribution < -0.4 is 0 Å². The second-order valence-electron chi connectivity index (χ2n) is 9.46. The Morgan fingerprint density at radius 2 is 1.48 bits per heavy atom. The van der Waals surface area contributed by atoms with Crippen molar-refractivity contribution in [1.82, 2.24) is 9.80 Å². The lowest BCUT2D eigenvalue weighted by molar-refractivity contribution is -0.135. The number of carbonyl (C=O) groups is 1. The molecule has 1 aromatic rings. The Labute approximate surface area is 161 Å². The average molecular weight is 371 g/mol. The molecule has 4 heteroatoms. The van der Waals surface area contributed by atoms with Crippen molar-refractivity contribution in [3.05, 3.63) is 35.6 Å². The van der Waals surface area contributed by atoms with Crippen LogP contribution in [0.2, 0.25) is 0 Å². The van der Waals surface area contributed by atoms with Crippen LogP contribution in [0.1, 0.15) is 44.1 Å². The van der Waals surface area contributed by atoms with Gasteiger partial charge in [-0.05, 0) is 79.9 Å². The minimum atomic E-state index is -0.217. The molecule has 0 unspecified atom stereocenters. The van der Waals surface area contributed by atoms with Crippen molar-refractivity contribution in [2.24, 2.45) is 23.7 Å². The highest BCUT2D eigenvalue weighted by atomic mass is 19.1. The van der Waals surface area contributed by atoms with Crippen LogP contribution in [0.3, 0.4) is 0 Å². The number of carbonyl (C=O) groups excluding carboxylic acids is 1. The summed E-state index contributed by atoms with van der Waals surface area (Å²) in [6, 6.07) is 7.32. The molecule has 5 aliphatic rings. The molecule has 6 rings (SSSR count). The molecular formula is C23H31FN2O. The monoisotopic (exact) mass is 370 g/mol. The molecule has 4 bridgehead atoms. The molecule has 0 N–H and O–H groups in total. The Bertz CT molecular complexity index is 652. The number of aryl methyl sites for hydroxylation is 1. The third kappa shape index (κ3) is 3.53. The number of halogens is 1. The average Bonchev–Trinajstić information content (AvgIpc) is 2.67. The third-order valence-corrected chi connectivity index (χ3v) is 7.81. The first-order valence-electron chi connectivity index (χ1n) is 10.9. The van der Waals surface area contributed by atoms with Crippen LogP contribution in [0.25, 0.3) is 0 Å². The maximum Gasteiger partial charge on any atom is 0.222 e. The molecule has 1 saturated heterocycles. The number of amides is 1. The molecule has 4 saturated carbocycles. The Kier molecular flexibility index (Phi) is 4.71. The van der Waals surface area contributed by atoms with E-state index in [4.69, 9.17) is 0 Å². The molecule has 1 aromatic carbocycles. The van der Waals surface area contributed by atoms with Crippen LogP contribution >= 0.6 is 0 Å². The normalized spacial score (nSPS) is 35.6. The van der Waals surface area contributed by atoms with Crippen LogP contribution in [0, 0.1) is 29.5 Å². The predicted molar refractivity (Wildman–Crippen MR) is 104 cm³/mol. The predicted octanol–water partition coefficient (Wildman–Crippen LogP) is 3.73. The van der Waals surface area contributed by atoms with Crippen molar-refractivity contribution in [2.45, 2.75) is 51.0 Å². The van der Waals surface area contributed by atoms with Crippen LogP contribution in [-0.2, 0) is 11.2 Å². The summed E-state index contributed by atoms with van der Waals surface area (Å²) < 4.78 is 13.0. The highest BCUT2D eigenvalue weighted by molar-refractivity contribution is 5.76. The van der Waals surface area contributed by atoms with E-state index in [2.05, 4.69) is 9.80 Å². The van der Waals surface area contributed by atoms with E-state index in [1.54, 1.807) is 12.1 Å². The number of benzene rings is 1. The van der Waals surface area contributed by atoms with E-state index in [-0.39, 0.29) is 11.7 Å². The molecule has 1 amide bonds. The highest BCUT2D eigenvalue weighted by Crippen LogP contribution is 2.55. The second-order valence-corrected chi connectivity index (χ2v) is 9.46. The summed E-state index contributed by atoms with van der Waals surface area (Å²) in [4.78, 5) is 17.4. The number of rotatable bonds is 4. The maximum absolute atomic E-state index is 13.0. The zero-order chi connectivity index (χ0) is 18.4. The second kappa shape index (κ2) is 7.20. The Morgan fingerprint density at radius 1 is 0.889 bits per heavy atom. The lowest BCUT2D eigenvalue weighted by atomic mass is 9.54. The summed E-state index contributed by atoms with van der Waals surface area (Å²) in [5.41, 5.74) is 1.04. The molecule has 1 heterocycles. The van der Waals surface area contributed by atoms with Crippen LogP contribution in [-0.4, -0.2) is 47.9 Å². The van der Waals surface area contributed by atoms with Gasteiger partial charge in [0.25, 0.3) is 0 Å². The summed E-state index contributed by atoms with van der Waals surface area (Å²) in [6.45, 7) is 3.86. The molecule has 5 fully saturated rings. The van der Waals surface area contributed by atoms with Gasteiger partial charge in [-0.25, -0.2) is 4.39 Å². The van der Waals surface area contributed by atoms with E-state index in [9.17, 15) is 9.18 Å². The number of nitrogens with zero attached hydrogens (tertiary/aromatic N) is 2. The fourth-order valence-corrected chi connectivity index (χ4v) is 6.82. The van der Waals surface area contributed by atoms with Crippen molar-refractivity contribution < 1.29 is 9.18 Å². The van der Waals surface area contributed by atoms with Crippen molar-refractivity contribution in [2.75, 3.05) is 26.2 Å². The quantitative estimate of drug-likeness (QED) is 0.806. The first kappa shape index (κ1) is 17.7. The molecule has 0 aromatic heterocycles. The zero-order valence-electron chi connectivity index (χ0n) is 16.2. The van der Waals surface area contributed by atoms with Gasteiger partial charge in [-0.2, -0.15) is 0 Å². The fourth-order valence-electron chi connectivity index (χ4n) is 6.82. The van der Waals surface area contributed by atoms with E-state index in [1.807, 2.05) is 0 Å². The molecule has 27 heavy (non-hydrogen) atoms. The topological polar surface area (TPSA) is 23.6 Å². The molecule has 3 nitrogen and oxygen atoms in total. The van der Waals surface area contributed by atoms with Gasteiger partial charge in [-0.1, -0.05) is 12.1 Å². The molecule has 146 valence electrons. The van der Waals surface area contributed by atoms with Gasteiger partial charge < -0.3 is 4.90 Å². The van der Waals surface area contributed by atoms with E-state index in [0.717, 1.165) is 61.5 Å². The molecular weight excluding hydrogens is 339 g/mol. The van der Waals surface area contributed by atoms with Gasteiger partial charge in [0.05, 0.1) is 0 Å². The SMILES string of the molecule is O=C(CCc1ccc(F)cc1)N1CCN(C2C3CC4CC(C3)CC2C4)CC1. The molecule has 4 aliphatic carbocycles. The number of piperazine rings is 1. The molecule has 0 atom stereocenters. The van der Waals surface area contributed by atoms with Crippen LogP contribution in [0.5, 0.6) is 0 Å². The highest BCUT2D eigenvalue weighted by Gasteiger charge is 2.50. The first-order valence-corrected chi connectivity index (χ1v) is 10.9. The van der Waals surface area contributed by atoms with Gasteiger partial charge >= 0.3 is 0 Å². The maximum atomic E-state index is 13.0. The summed E-state index contributed by atoms with van der Waals surface area (Å²) in [5, 5.41) is 0. The first-order chi connectivity index (χ1) is 13.2. The van der Waals surface area contributed by atoms with Gasteiger partial charge in [-0.3, -0.25) is 9.69 Å². The van der Waals surface area contributed by atoms with Crippen molar-refractivity contribution in [3.8, 4) is 0 Å². The standard InChI is InChI=1S/C23H31FN2O/c24-21-4-1-16(2-5-21)3-6-22(27)25-7-9-26(10-8-25)23-19-12-17-11-18(14-19)15-20(23)13-17/h1-2,4-5,17-20,23H,3,6-15H2. The summed E-state index contributed by atoms with van der Waals surface area (Å²) >= 11 is 0. The van der Waals surface area contributed by atoms with E-state index >= 15 is 0 Å². The summed E-state index contributed by atoms with van der Waals surface area (Å²) in [5.74, 6) is 3.95. The Balaban J connectivity index is 1.12. The minimum Gasteiger partial charge on any atom is -0.340 e. The lowest BCUT2D eigenvalue weighted by Gasteiger charge is -2.58. The Hall–Kier alpha value is -1.42. The molecule has 0 radical (unpaired) electrons. The third-order valence-electron chi connectivity index (χ3n) is 7.81. The van der Waals surface area contributed by atoms with E-state index in [1.165, 1.54) is 44.2 Å². The van der Waals surface area contributed by atoms with Crippen LogP contribution in [0.4, 0.5) is 4.39 Å². The van der Waals surface area contributed by atoms with Crippen LogP contribution in [0.15, 0.2) is 24.3 Å². The minimum absolute atomic E-state index is 0.217. The number of hydrogen-bond acceptors (Lipinski definition) is 2. The van der Waals surface area contributed by atoms with Gasteiger partial charge in [0.1, 0.15) is 5.82 Å². The number of hydrogen-bond donors (Lipinski definition) is 0. The van der Waals surface area contributed by atoms with Gasteiger partial charge in [-0.15, -0.1) is 0 Å². The zero-order valence-corrected chi connectivity index (χ0v) is 16.2. The summed E-state index contributed by atoms with van der Waals surface area (Å²) in [6.07, 6.45) is 8.61. The molecule has 0 spiro atoms. The van der Waals surface area contributed by atoms with E-state index < -0.39 is 0 Å². The van der Waals surface area contributed by atoms with Crippen molar-refractivity contribution in [3.63, 3.8) is 0 Å².